The van der Waals surface area contributed by atoms with E-state index in [0.717, 1.165) is 18.4 Å². The summed E-state index contributed by atoms with van der Waals surface area (Å²) in [4.78, 5) is 57.2. The van der Waals surface area contributed by atoms with Crippen molar-refractivity contribution in [3.63, 3.8) is 0 Å². The Hall–Kier alpha value is -3.23. The Balaban J connectivity index is 1.60. The molecule has 3 rings (SSSR count). The standard InChI is InChI=1S/C24H32N4O5/c1-4-5-12-28-21-9-7-6-8-19(21)25-20(24(28)32)10-11-22(30)33-17(2)23(31)27-15-13-26(14-16-27)18(3)29/h6-9,17H,4-5,10-16H2,1-3H3. The van der Waals surface area contributed by atoms with E-state index in [1.807, 2.05) is 24.3 Å². The van der Waals surface area contributed by atoms with E-state index in [1.54, 1.807) is 21.3 Å². The molecule has 1 aromatic carbocycles. The molecule has 0 saturated carbocycles. The number of hydrogen-bond donors (Lipinski definition) is 0. The molecule has 1 fully saturated rings. The molecule has 1 saturated heterocycles. The minimum atomic E-state index is -0.924. The normalized spacial score (nSPS) is 14.9. The van der Waals surface area contributed by atoms with Crippen molar-refractivity contribution in [1.82, 2.24) is 19.4 Å². The highest BCUT2D eigenvalue weighted by Crippen LogP contribution is 2.13. The maximum absolute atomic E-state index is 13.0. The zero-order valence-corrected chi connectivity index (χ0v) is 19.6. The molecule has 0 spiro atoms. The van der Waals surface area contributed by atoms with Gasteiger partial charge in [0.15, 0.2) is 6.10 Å². The molecular formula is C24H32N4O5. The van der Waals surface area contributed by atoms with Crippen LogP contribution in [-0.2, 0) is 32.1 Å². The molecule has 33 heavy (non-hydrogen) atoms. The third-order valence-corrected chi connectivity index (χ3v) is 5.91. The number of rotatable bonds is 8. The quantitative estimate of drug-likeness (QED) is 0.561. The number of benzene rings is 1. The molecule has 2 heterocycles. The van der Waals surface area contributed by atoms with Crippen molar-refractivity contribution in [3.8, 4) is 0 Å². The summed E-state index contributed by atoms with van der Waals surface area (Å²) in [6, 6.07) is 7.47. The number of hydrogen-bond acceptors (Lipinski definition) is 6. The van der Waals surface area contributed by atoms with Crippen LogP contribution in [-0.4, -0.2) is 69.4 Å². The molecule has 9 nitrogen and oxygen atoms in total. The number of piperazine rings is 1. The van der Waals surface area contributed by atoms with Crippen molar-refractivity contribution < 1.29 is 19.1 Å². The van der Waals surface area contributed by atoms with Crippen molar-refractivity contribution in [2.45, 2.75) is 59.1 Å². The summed E-state index contributed by atoms with van der Waals surface area (Å²) < 4.78 is 7.06. The van der Waals surface area contributed by atoms with E-state index in [1.165, 1.54) is 6.92 Å². The van der Waals surface area contributed by atoms with Gasteiger partial charge >= 0.3 is 5.97 Å². The van der Waals surface area contributed by atoms with Gasteiger partial charge in [-0.15, -0.1) is 0 Å². The molecule has 2 amide bonds. The fourth-order valence-corrected chi connectivity index (χ4v) is 3.97. The lowest BCUT2D eigenvalue weighted by Crippen LogP contribution is -2.52. The summed E-state index contributed by atoms with van der Waals surface area (Å²) >= 11 is 0. The van der Waals surface area contributed by atoms with Gasteiger partial charge in [-0.3, -0.25) is 19.2 Å². The second-order valence-corrected chi connectivity index (χ2v) is 8.32. The van der Waals surface area contributed by atoms with E-state index in [4.69, 9.17) is 4.74 Å². The van der Waals surface area contributed by atoms with Crippen LogP contribution in [0.5, 0.6) is 0 Å². The lowest BCUT2D eigenvalue weighted by atomic mass is 10.2. The Kier molecular flexibility index (Phi) is 8.19. The largest absolute Gasteiger partial charge is 0.453 e. The van der Waals surface area contributed by atoms with Crippen LogP contribution in [0.1, 0.15) is 45.7 Å². The maximum Gasteiger partial charge on any atom is 0.306 e. The molecule has 0 bridgehead atoms. The number of aryl methyl sites for hydroxylation is 2. The average Bonchev–Trinajstić information content (AvgIpc) is 2.81. The molecule has 0 radical (unpaired) electrons. The van der Waals surface area contributed by atoms with Crippen molar-refractivity contribution in [2.75, 3.05) is 26.2 Å². The number of para-hydroxylation sites is 2. The smallest absolute Gasteiger partial charge is 0.306 e. The van der Waals surface area contributed by atoms with Gasteiger partial charge in [-0.1, -0.05) is 25.5 Å². The number of nitrogens with zero attached hydrogens (tertiary/aromatic N) is 4. The molecule has 1 aromatic heterocycles. The Morgan fingerprint density at radius 3 is 2.42 bits per heavy atom. The molecule has 1 aliphatic rings. The molecule has 0 aliphatic carbocycles. The Bertz CT molecular complexity index is 1070. The number of ether oxygens (including phenoxy) is 1. The molecular weight excluding hydrogens is 424 g/mol. The highest BCUT2D eigenvalue weighted by Gasteiger charge is 2.28. The molecule has 1 unspecified atom stereocenters. The second kappa shape index (κ2) is 11.1. The zero-order chi connectivity index (χ0) is 24.0. The minimum absolute atomic E-state index is 0.0161. The van der Waals surface area contributed by atoms with Gasteiger partial charge < -0.3 is 19.1 Å². The first-order valence-corrected chi connectivity index (χ1v) is 11.5. The van der Waals surface area contributed by atoms with Crippen LogP contribution in [0.2, 0.25) is 0 Å². The number of unbranched alkanes of at least 4 members (excludes halogenated alkanes) is 1. The number of carbonyl (C=O) groups excluding carboxylic acids is 3. The highest BCUT2D eigenvalue weighted by molar-refractivity contribution is 5.84. The number of fused-ring (bicyclic) bond motifs is 1. The summed E-state index contributed by atoms with van der Waals surface area (Å²) in [5.41, 5.74) is 1.62. The SMILES string of the molecule is CCCCn1c(=O)c(CCC(=O)OC(C)C(=O)N2CCN(C(C)=O)CC2)nc2ccccc21. The van der Waals surface area contributed by atoms with Gasteiger partial charge in [0.05, 0.1) is 17.5 Å². The first-order chi connectivity index (χ1) is 15.8. The molecule has 1 atom stereocenters. The number of carbonyl (C=O) groups is 3. The van der Waals surface area contributed by atoms with Crippen LogP contribution in [0, 0.1) is 0 Å². The third kappa shape index (κ3) is 5.97. The minimum Gasteiger partial charge on any atom is -0.453 e. The van der Waals surface area contributed by atoms with Gasteiger partial charge in [0.2, 0.25) is 5.91 Å². The topological polar surface area (TPSA) is 102 Å². The van der Waals surface area contributed by atoms with Crippen molar-refractivity contribution in [2.24, 2.45) is 0 Å². The molecule has 9 heteroatoms. The lowest BCUT2D eigenvalue weighted by Gasteiger charge is -2.35. The predicted molar refractivity (Wildman–Crippen MR) is 124 cm³/mol. The summed E-state index contributed by atoms with van der Waals surface area (Å²) in [7, 11) is 0. The highest BCUT2D eigenvalue weighted by atomic mass is 16.5. The average molecular weight is 457 g/mol. The van der Waals surface area contributed by atoms with Crippen LogP contribution in [0.15, 0.2) is 29.1 Å². The molecule has 2 aromatic rings. The van der Waals surface area contributed by atoms with Crippen LogP contribution in [0.25, 0.3) is 11.0 Å². The zero-order valence-electron chi connectivity index (χ0n) is 19.6. The van der Waals surface area contributed by atoms with Gasteiger partial charge in [0, 0.05) is 46.1 Å². The fraction of sp³-hybridized carbons (Fsp3) is 0.542. The number of amides is 2. The van der Waals surface area contributed by atoms with Crippen LogP contribution < -0.4 is 5.56 Å². The summed E-state index contributed by atoms with van der Waals surface area (Å²) in [6.07, 6.45) is 1.01. The van der Waals surface area contributed by atoms with Gasteiger partial charge in [0.1, 0.15) is 5.69 Å². The number of aromatic nitrogens is 2. The monoisotopic (exact) mass is 456 g/mol. The molecule has 178 valence electrons. The van der Waals surface area contributed by atoms with Crippen LogP contribution in [0.4, 0.5) is 0 Å². The van der Waals surface area contributed by atoms with Crippen LogP contribution >= 0.6 is 0 Å². The number of esters is 1. The van der Waals surface area contributed by atoms with Gasteiger partial charge in [-0.2, -0.15) is 0 Å². The van der Waals surface area contributed by atoms with Crippen molar-refractivity contribution in [1.29, 1.82) is 0 Å². The van der Waals surface area contributed by atoms with Gasteiger partial charge in [0.25, 0.3) is 11.5 Å². The second-order valence-electron chi connectivity index (χ2n) is 8.32. The predicted octanol–water partition coefficient (Wildman–Crippen LogP) is 1.75. The lowest BCUT2D eigenvalue weighted by molar-refractivity contribution is -0.160. The summed E-state index contributed by atoms with van der Waals surface area (Å²) in [6.45, 7) is 7.49. The van der Waals surface area contributed by atoms with E-state index >= 15 is 0 Å². The van der Waals surface area contributed by atoms with Crippen molar-refractivity contribution >= 4 is 28.8 Å². The van der Waals surface area contributed by atoms with Gasteiger partial charge in [-0.05, 0) is 25.5 Å². The van der Waals surface area contributed by atoms with E-state index in [-0.39, 0.29) is 30.2 Å². The first kappa shape index (κ1) is 24.4. The van der Waals surface area contributed by atoms with E-state index in [0.29, 0.717) is 43.9 Å². The first-order valence-electron chi connectivity index (χ1n) is 11.5. The van der Waals surface area contributed by atoms with Gasteiger partial charge in [-0.25, -0.2) is 4.98 Å². The Morgan fingerprint density at radius 1 is 1.09 bits per heavy atom. The van der Waals surface area contributed by atoms with E-state index < -0.39 is 12.1 Å². The third-order valence-electron chi connectivity index (χ3n) is 5.91. The fourth-order valence-electron chi connectivity index (χ4n) is 3.97. The maximum atomic E-state index is 13.0. The van der Waals surface area contributed by atoms with E-state index in [9.17, 15) is 19.2 Å². The summed E-state index contributed by atoms with van der Waals surface area (Å²) in [5, 5.41) is 0. The molecule has 1 aliphatic heterocycles. The van der Waals surface area contributed by atoms with Crippen molar-refractivity contribution in [3.05, 3.63) is 40.3 Å². The molecule has 0 N–H and O–H groups in total. The Morgan fingerprint density at radius 2 is 1.76 bits per heavy atom. The van der Waals surface area contributed by atoms with Crippen LogP contribution in [0.3, 0.4) is 0 Å². The summed E-state index contributed by atoms with van der Waals surface area (Å²) in [5.74, 6) is -0.845. The Labute approximate surface area is 193 Å². The van der Waals surface area contributed by atoms with E-state index in [2.05, 4.69) is 11.9 Å².